The van der Waals surface area contributed by atoms with Crippen molar-refractivity contribution in [3.63, 3.8) is 0 Å². The number of ether oxygens (including phenoxy) is 1. The number of nitrogens with one attached hydrogen (secondary N) is 2. The molecule has 1 aromatic heterocycles. The zero-order valence-electron chi connectivity index (χ0n) is 15.0. The van der Waals surface area contributed by atoms with Crippen molar-refractivity contribution in [1.82, 2.24) is 4.98 Å². The summed E-state index contributed by atoms with van der Waals surface area (Å²) < 4.78 is 5.17. The van der Waals surface area contributed by atoms with Crippen LogP contribution in [0.2, 0.25) is 0 Å². The van der Waals surface area contributed by atoms with Gasteiger partial charge in [-0.1, -0.05) is 24.3 Å². The summed E-state index contributed by atoms with van der Waals surface area (Å²) in [6.45, 7) is 1.47. The van der Waals surface area contributed by atoms with Crippen LogP contribution < -0.4 is 15.4 Å². The van der Waals surface area contributed by atoms with Gasteiger partial charge in [-0.25, -0.2) is 4.98 Å². The van der Waals surface area contributed by atoms with Gasteiger partial charge < -0.3 is 15.4 Å². The average molecular weight is 381 g/mol. The molecule has 138 valence electrons. The Hall–Kier alpha value is -3.19. The first-order valence-corrected chi connectivity index (χ1v) is 9.18. The number of amides is 2. The third kappa shape index (κ3) is 5.15. The molecule has 0 aliphatic heterocycles. The second kappa shape index (κ2) is 8.46. The molecule has 0 radical (unpaired) electrons. The lowest BCUT2D eigenvalue weighted by atomic mass is 10.1. The van der Waals surface area contributed by atoms with E-state index in [1.807, 2.05) is 53.9 Å². The van der Waals surface area contributed by atoms with Crippen LogP contribution in [0.5, 0.6) is 5.75 Å². The Morgan fingerprint density at radius 2 is 1.89 bits per heavy atom. The molecular weight excluding hydrogens is 362 g/mol. The topological polar surface area (TPSA) is 80.3 Å². The molecule has 2 amide bonds. The van der Waals surface area contributed by atoms with Crippen molar-refractivity contribution < 1.29 is 14.3 Å². The van der Waals surface area contributed by atoms with Gasteiger partial charge in [0, 0.05) is 23.6 Å². The Morgan fingerprint density at radius 1 is 1.11 bits per heavy atom. The Kier molecular flexibility index (Phi) is 5.83. The van der Waals surface area contributed by atoms with Gasteiger partial charge >= 0.3 is 0 Å². The summed E-state index contributed by atoms with van der Waals surface area (Å²) in [4.78, 5) is 27.8. The highest BCUT2D eigenvalue weighted by Gasteiger charge is 2.09. The van der Waals surface area contributed by atoms with Gasteiger partial charge in [0.15, 0.2) is 5.13 Å². The van der Waals surface area contributed by atoms with Crippen LogP contribution in [0.25, 0.3) is 11.3 Å². The van der Waals surface area contributed by atoms with E-state index < -0.39 is 0 Å². The molecule has 2 aromatic carbocycles. The number of anilines is 2. The largest absolute Gasteiger partial charge is 0.497 e. The molecule has 2 N–H and O–H groups in total. The molecule has 0 unspecified atom stereocenters. The van der Waals surface area contributed by atoms with Gasteiger partial charge in [-0.15, -0.1) is 11.3 Å². The molecule has 0 saturated heterocycles. The quantitative estimate of drug-likeness (QED) is 0.677. The molecule has 0 saturated carbocycles. The molecule has 0 atom stereocenters. The predicted molar refractivity (Wildman–Crippen MR) is 107 cm³/mol. The van der Waals surface area contributed by atoms with Crippen molar-refractivity contribution in [1.29, 1.82) is 0 Å². The number of methoxy groups -OCH3 is 1. The van der Waals surface area contributed by atoms with Gasteiger partial charge in [-0.3, -0.25) is 9.59 Å². The number of nitrogens with zero attached hydrogens (tertiary/aromatic N) is 1. The van der Waals surface area contributed by atoms with Crippen LogP contribution in [0.1, 0.15) is 12.5 Å². The van der Waals surface area contributed by atoms with Gasteiger partial charge in [0.1, 0.15) is 5.75 Å². The number of thiazole rings is 1. The first-order valence-electron chi connectivity index (χ1n) is 8.30. The van der Waals surface area contributed by atoms with Crippen LogP contribution in [0.3, 0.4) is 0 Å². The van der Waals surface area contributed by atoms with Crippen LogP contribution >= 0.6 is 11.3 Å². The number of carbonyl (C=O) groups excluding carboxylic acids is 2. The van der Waals surface area contributed by atoms with E-state index in [0.29, 0.717) is 5.13 Å². The molecule has 0 aliphatic carbocycles. The summed E-state index contributed by atoms with van der Waals surface area (Å²) in [5, 5.41) is 7.98. The van der Waals surface area contributed by atoms with Crippen molar-refractivity contribution in [2.45, 2.75) is 13.3 Å². The lowest BCUT2D eigenvalue weighted by molar-refractivity contribution is -0.116. The van der Waals surface area contributed by atoms with E-state index in [-0.39, 0.29) is 18.2 Å². The molecule has 0 bridgehead atoms. The lowest BCUT2D eigenvalue weighted by Crippen LogP contribution is -2.14. The fourth-order valence-electron chi connectivity index (χ4n) is 2.52. The maximum Gasteiger partial charge on any atom is 0.230 e. The SMILES string of the molecule is COc1cccc(CC(=O)Nc2nc(-c3ccc(NC(C)=O)cc3)cs2)c1. The molecule has 3 rings (SSSR count). The summed E-state index contributed by atoms with van der Waals surface area (Å²) in [7, 11) is 1.60. The molecule has 27 heavy (non-hydrogen) atoms. The van der Waals surface area contributed by atoms with Crippen molar-refractivity contribution in [3.8, 4) is 17.0 Å². The third-order valence-electron chi connectivity index (χ3n) is 3.75. The van der Waals surface area contributed by atoms with E-state index in [1.165, 1.54) is 18.3 Å². The standard InChI is InChI=1S/C20H19N3O3S/c1-13(24)21-16-8-6-15(7-9-16)18-12-27-20(22-18)23-19(25)11-14-4-3-5-17(10-14)26-2/h3-10,12H,11H2,1-2H3,(H,21,24)(H,22,23,25). The number of aromatic nitrogens is 1. The Labute approximate surface area is 161 Å². The number of carbonyl (C=O) groups is 2. The van der Waals surface area contributed by atoms with Crippen LogP contribution in [0.15, 0.2) is 53.9 Å². The van der Waals surface area contributed by atoms with Crippen molar-refractivity contribution in [2.24, 2.45) is 0 Å². The van der Waals surface area contributed by atoms with Crippen LogP contribution in [0, 0.1) is 0 Å². The first kappa shape index (κ1) is 18.6. The van der Waals surface area contributed by atoms with Gasteiger partial charge in [-0.2, -0.15) is 0 Å². The van der Waals surface area contributed by atoms with E-state index in [4.69, 9.17) is 4.74 Å². The number of benzene rings is 2. The predicted octanol–water partition coefficient (Wildman–Crippen LogP) is 3.96. The summed E-state index contributed by atoms with van der Waals surface area (Å²) in [6, 6.07) is 14.8. The summed E-state index contributed by atoms with van der Waals surface area (Å²) in [5.41, 5.74) is 3.28. The normalized spacial score (nSPS) is 10.3. The second-order valence-electron chi connectivity index (χ2n) is 5.87. The summed E-state index contributed by atoms with van der Waals surface area (Å²) >= 11 is 1.37. The second-order valence-corrected chi connectivity index (χ2v) is 6.73. The van der Waals surface area contributed by atoms with E-state index in [2.05, 4.69) is 15.6 Å². The number of hydrogen-bond acceptors (Lipinski definition) is 5. The van der Waals surface area contributed by atoms with Crippen LogP contribution in [-0.4, -0.2) is 23.9 Å². The van der Waals surface area contributed by atoms with Crippen molar-refractivity contribution in [3.05, 3.63) is 59.5 Å². The fourth-order valence-corrected chi connectivity index (χ4v) is 3.26. The molecule has 7 heteroatoms. The Morgan fingerprint density at radius 3 is 2.59 bits per heavy atom. The van der Waals surface area contributed by atoms with E-state index >= 15 is 0 Å². The van der Waals surface area contributed by atoms with E-state index in [9.17, 15) is 9.59 Å². The first-order chi connectivity index (χ1) is 13.0. The number of hydrogen-bond donors (Lipinski definition) is 2. The van der Waals surface area contributed by atoms with E-state index in [0.717, 1.165) is 28.3 Å². The van der Waals surface area contributed by atoms with Gasteiger partial charge in [0.25, 0.3) is 0 Å². The summed E-state index contributed by atoms with van der Waals surface area (Å²) in [6.07, 6.45) is 0.248. The highest BCUT2D eigenvalue weighted by molar-refractivity contribution is 7.14. The molecule has 1 heterocycles. The molecule has 0 fully saturated rings. The van der Waals surface area contributed by atoms with Crippen LogP contribution in [0.4, 0.5) is 10.8 Å². The maximum absolute atomic E-state index is 12.2. The minimum atomic E-state index is -0.134. The zero-order valence-corrected chi connectivity index (χ0v) is 15.8. The molecule has 6 nitrogen and oxygen atoms in total. The van der Waals surface area contributed by atoms with Crippen LogP contribution in [-0.2, 0) is 16.0 Å². The molecule has 0 aliphatic rings. The van der Waals surface area contributed by atoms with Gasteiger partial charge in [-0.05, 0) is 29.8 Å². The smallest absolute Gasteiger partial charge is 0.230 e. The highest BCUT2D eigenvalue weighted by Crippen LogP contribution is 2.26. The van der Waals surface area contributed by atoms with Crippen molar-refractivity contribution >= 4 is 34.0 Å². The summed E-state index contributed by atoms with van der Waals surface area (Å²) in [5.74, 6) is 0.474. The molecule has 0 spiro atoms. The maximum atomic E-state index is 12.2. The minimum Gasteiger partial charge on any atom is -0.497 e. The van der Waals surface area contributed by atoms with E-state index in [1.54, 1.807) is 7.11 Å². The minimum absolute atomic E-state index is 0.113. The third-order valence-corrected chi connectivity index (χ3v) is 4.51. The number of rotatable bonds is 6. The molecule has 3 aromatic rings. The van der Waals surface area contributed by atoms with Crippen molar-refractivity contribution in [2.75, 3.05) is 17.7 Å². The Balaban J connectivity index is 1.63. The zero-order chi connectivity index (χ0) is 19.2. The fraction of sp³-hybridized carbons (Fsp3) is 0.150. The lowest BCUT2D eigenvalue weighted by Gasteiger charge is -2.04. The molecular formula is C20H19N3O3S. The Bertz CT molecular complexity index is 951. The van der Waals surface area contributed by atoms with Gasteiger partial charge in [0.05, 0.1) is 19.2 Å². The highest BCUT2D eigenvalue weighted by atomic mass is 32.1. The monoisotopic (exact) mass is 381 g/mol. The van der Waals surface area contributed by atoms with Gasteiger partial charge in [0.2, 0.25) is 11.8 Å². The average Bonchev–Trinajstić information content (AvgIpc) is 3.10.